The summed E-state index contributed by atoms with van der Waals surface area (Å²) in [6.07, 6.45) is 10.5. The number of alkyl halides is 1. The average Bonchev–Trinajstić information content (AvgIpc) is 2.56. The Morgan fingerprint density at radius 1 is 1.00 bits per heavy atom. The summed E-state index contributed by atoms with van der Waals surface area (Å²) in [5.41, 5.74) is 1.47. The van der Waals surface area contributed by atoms with Crippen LogP contribution < -0.4 is 0 Å². The topological polar surface area (TPSA) is 0 Å². The molecular formula is C16H23Cl. The Labute approximate surface area is 110 Å². The summed E-state index contributed by atoms with van der Waals surface area (Å²) >= 11 is 6.47. The van der Waals surface area contributed by atoms with Gasteiger partial charge in [-0.2, -0.15) is 0 Å². The van der Waals surface area contributed by atoms with E-state index in [-0.39, 0.29) is 0 Å². The van der Waals surface area contributed by atoms with Crippen LogP contribution >= 0.6 is 11.6 Å². The van der Waals surface area contributed by atoms with Crippen LogP contribution in [0.2, 0.25) is 0 Å². The van der Waals surface area contributed by atoms with E-state index < -0.39 is 0 Å². The Morgan fingerprint density at radius 3 is 2.59 bits per heavy atom. The number of benzene rings is 1. The first-order valence-corrected chi connectivity index (χ1v) is 7.48. The molecule has 0 heterocycles. The van der Waals surface area contributed by atoms with Gasteiger partial charge in [0.15, 0.2) is 0 Å². The summed E-state index contributed by atoms with van der Waals surface area (Å²) in [5, 5.41) is 0.438. The maximum atomic E-state index is 6.47. The lowest BCUT2D eigenvalue weighted by atomic mass is 9.93. The SMILES string of the molecule is ClC1CCCCCC1CCCc1ccccc1. The first-order valence-electron chi connectivity index (χ1n) is 7.04. The molecule has 0 amide bonds. The average molecular weight is 251 g/mol. The second-order valence-corrected chi connectivity index (χ2v) is 5.85. The van der Waals surface area contributed by atoms with Gasteiger partial charge in [0.1, 0.15) is 0 Å². The van der Waals surface area contributed by atoms with E-state index in [2.05, 4.69) is 30.3 Å². The molecular weight excluding hydrogens is 228 g/mol. The second-order valence-electron chi connectivity index (χ2n) is 5.29. The van der Waals surface area contributed by atoms with Crippen molar-refractivity contribution in [1.82, 2.24) is 0 Å². The zero-order valence-electron chi connectivity index (χ0n) is 10.6. The van der Waals surface area contributed by atoms with Crippen LogP contribution in [0.4, 0.5) is 0 Å². The molecule has 1 fully saturated rings. The Kier molecular flexibility index (Phi) is 5.38. The van der Waals surface area contributed by atoms with Crippen molar-refractivity contribution in [2.75, 3.05) is 0 Å². The third-order valence-electron chi connectivity index (χ3n) is 3.95. The lowest BCUT2D eigenvalue weighted by Gasteiger charge is -2.19. The van der Waals surface area contributed by atoms with E-state index in [4.69, 9.17) is 11.6 Å². The van der Waals surface area contributed by atoms with E-state index in [1.807, 2.05) is 0 Å². The van der Waals surface area contributed by atoms with Crippen molar-refractivity contribution in [2.45, 2.75) is 56.7 Å². The van der Waals surface area contributed by atoms with Gasteiger partial charge in [0.2, 0.25) is 0 Å². The van der Waals surface area contributed by atoms with Gasteiger partial charge in [0.05, 0.1) is 0 Å². The number of hydrogen-bond donors (Lipinski definition) is 0. The van der Waals surface area contributed by atoms with Gasteiger partial charge < -0.3 is 0 Å². The molecule has 1 aromatic rings. The molecule has 17 heavy (non-hydrogen) atoms. The smallest absolute Gasteiger partial charge is 0.0364 e. The first-order chi connectivity index (χ1) is 8.36. The van der Waals surface area contributed by atoms with E-state index in [0.717, 1.165) is 5.92 Å². The van der Waals surface area contributed by atoms with E-state index in [9.17, 15) is 0 Å². The summed E-state index contributed by atoms with van der Waals surface area (Å²) in [4.78, 5) is 0. The normalized spacial score (nSPS) is 25.5. The molecule has 0 saturated heterocycles. The van der Waals surface area contributed by atoms with Crippen LogP contribution in [0.1, 0.15) is 50.5 Å². The van der Waals surface area contributed by atoms with Crippen LogP contribution in [0.5, 0.6) is 0 Å². The number of rotatable bonds is 4. The van der Waals surface area contributed by atoms with E-state index in [1.165, 1.54) is 56.9 Å². The largest absolute Gasteiger partial charge is 0.123 e. The molecule has 0 aromatic heterocycles. The highest BCUT2D eigenvalue weighted by atomic mass is 35.5. The molecule has 0 spiro atoms. The third kappa shape index (κ3) is 4.35. The highest BCUT2D eigenvalue weighted by molar-refractivity contribution is 6.20. The minimum Gasteiger partial charge on any atom is -0.123 e. The molecule has 2 rings (SSSR count). The molecule has 94 valence electrons. The summed E-state index contributed by atoms with van der Waals surface area (Å²) in [6, 6.07) is 10.8. The zero-order valence-corrected chi connectivity index (χ0v) is 11.3. The molecule has 2 unspecified atom stereocenters. The third-order valence-corrected chi connectivity index (χ3v) is 4.52. The Hall–Kier alpha value is -0.490. The van der Waals surface area contributed by atoms with Crippen LogP contribution in [0.25, 0.3) is 0 Å². The molecule has 1 aliphatic rings. The standard InChI is InChI=1S/C16H23Cl/c17-16-13-6-2-5-11-15(16)12-7-10-14-8-3-1-4-9-14/h1,3-4,8-9,15-16H,2,5-7,10-13H2. The summed E-state index contributed by atoms with van der Waals surface area (Å²) < 4.78 is 0. The second kappa shape index (κ2) is 7.06. The summed E-state index contributed by atoms with van der Waals surface area (Å²) in [6.45, 7) is 0. The molecule has 0 aliphatic heterocycles. The maximum absolute atomic E-state index is 6.47. The lowest BCUT2D eigenvalue weighted by Crippen LogP contribution is -2.13. The van der Waals surface area contributed by atoms with Crippen molar-refractivity contribution in [2.24, 2.45) is 5.92 Å². The molecule has 0 nitrogen and oxygen atoms in total. The van der Waals surface area contributed by atoms with Crippen LogP contribution in [-0.2, 0) is 6.42 Å². The minimum atomic E-state index is 0.438. The summed E-state index contributed by atoms with van der Waals surface area (Å²) in [5.74, 6) is 0.767. The number of aryl methyl sites for hydroxylation is 1. The highest BCUT2D eigenvalue weighted by Gasteiger charge is 2.20. The monoisotopic (exact) mass is 250 g/mol. The fourth-order valence-electron chi connectivity index (χ4n) is 2.88. The highest BCUT2D eigenvalue weighted by Crippen LogP contribution is 2.31. The van der Waals surface area contributed by atoms with Crippen LogP contribution in [-0.4, -0.2) is 5.38 Å². The predicted molar refractivity (Wildman–Crippen MR) is 75.6 cm³/mol. The number of halogens is 1. The molecule has 0 N–H and O–H groups in total. The molecule has 2 atom stereocenters. The fourth-order valence-corrected chi connectivity index (χ4v) is 3.28. The quantitative estimate of drug-likeness (QED) is 0.509. The minimum absolute atomic E-state index is 0.438. The van der Waals surface area contributed by atoms with Crippen molar-refractivity contribution in [3.05, 3.63) is 35.9 Å². The molecule has 1 aromatic carbocycles. The Balaban J connectivity index is 1.73. The predicted octanol–water partition coefficient (Wildman–Crippen LogP) is 5.20. The fraction of sp³-hybridized carbons (Fsp3) is 0.625. The molecule has 0 bridgehead atoms. The maximum Gasteiger partial charge on any atom is 0.0364 e. The zero-order chi connectivity index (χ0) is 11.9. The molecule has 1 aliphatic carbocycles. The molecule has 0 radical (unpaired) electrons. The Morgan fingerprint density at radius 2 is 1.76 bits per heavy atom. The van der Waals surface area contributed by atoms with Crippen molar-refractivity contribution < 1.29 is 0 Å². The van der Waals surface area contributed by atoms with Gasteiger partial charge in [-0.05, 0) is 43.6 Å². The van der Waals surface area contributed by atoms with Crippen molar-refractivity contribution in [3.8, 4) is 0 Å². The van der Waals surface area contributed by atoms with Crippen LogP contribution in [0, 0.1) is 5.92 Å². The van der Waals surface area contributed by atoms with Gasteiger partial charge in [0, 0.05) is 5.38 Å². The van der Waals surface area contributed by atoms with E-state index in [1.54, 1.807) is 0 Å². The van der Waals surface area contributed by atoms with Gasteiger partial charge in [-0.1, -0.05) is 49.6 Å². The van der Waals surface area contributed by atoms with Crippen LogP contribution in [0.3, 0.4) is 0 Å². The van der Waals surface area contributed by atoms with Gasteiger partial charge in [-0.25, -0.2) is 0 Å². The molecule has 1 heteroatoms. The van der Waals surface area contributed by atoms with Crippen molar-refractivity contribution in [1.29, 1.82) is 0 Å². The number of hydrogen-bond acceptors (Lipinski definition) is 0. The van der Waals surface area contributed by atoms with Gasteiger partial charge in [-0.15, -0.1) is 11.6 Å². The van der Waals surface area contributed by atoms with E-state index >= 15 is 0 Å². The Bertz CT molecular complexity index is 307. The van der Waals surface area contributed by atoms with E-state index in [0.29, 0.717) is 5.38 Å². The molecule has 1 saturated carbocycles. The lowest BCUT2D eigenvalue weighted by molar-refractivity contribution is 0.422. The van der Waals surface area contributed by atoms with Gasteiger partial charge in [-0.3, -0.25) is 0 Å². The van der Waals surface area contributed by atoms with Gasteiger partial charge >= 0.3 is 0 Å². The summed E-state index contributed by atoms with van der Waals surface area (Å²) in [7, 11) is 0. The van der Waals surface area contributed by atoms with Gasteiger partial charge in [0.25, 0.3) is 0 Å². The van der Waals surface area contributed by atoms with Crippen molar-refractivity contribution in [3.63, 3.8) is 0 Å². The van der Waals surface area contributed by atoms with Crippen molar-refractivity contribution >= 4 is 11.6 Å². The van der Waals surface area contributed by atoms with Crippen LogP contribution in [0.15, 0.2) is 30.3 Å². The first kappa shape index (κ1) is 13.0.